The van der Waals surface area contributed by atoms with E-state index >= 15 is 0 Å². The number of fused-ring (bicyclic) bond motifs is 5. The van der Waals surface area contributed by atoms with Gasteiger partial charge < -0.3 is 14.7 Å². The summed E-state index contributed by atoms with van der Waals surface area (Å²) in [6.45, 7) is 0. The van der Waals surface area contributed by atoms with Crippen LogP contribution in [0.15, 0.2) is 46.1 Å². The first kappa shape index (κ1) is 24.8. The molecule has 2 aliphatic carbocycles. The molecule has 2 aromatic heterocycles. The van der Waals surface area contributed by atoms with Gasteiger partial charge in [-0.2, -0.15) is 0 Å². The number of aromatic carboxylic acids is 1. The van der Waals surface area contributed by atoms with Crippen molar-refractivity contribution >= 4 is 17.0 Å². The monoisotopic (exact) mass is 528 g/mol. The molecule has 39 heavy (non-hydrogen) atoms. The first-order valence-electron chi connectivity index (χ1n) is 14.7. The SMILES string of the molecule is O=C(O)c1c[nH]c(=O)c(-c2nc3ccccc3n(C3C[C@H]4CCC[C@@H](C3)N4C3C[C@H]4CCC[C@@H](C3)C4)c2=O)c1. The average molecular weight is 529 g/mol. The zero-order valence-electron chi connectivity index (χ0n) is 22.2. The van der Waals surface area contributed by atoms with Gasteiger partial charge >= 0.3 is 5.97 Å². The van der Waals surface area contributed by atoms with Crippen LogP contribution in [0.1, 0.15) is 87.0 Å². The quantitative estimate of drug-likeness (QED) is 0.495. The van der Waals surface area contributed by atoms with Gasteiger partial charge in [-0.05, 0) is 75.0 Å². The molecule has 2 saturated heterocycles. The van der Waals surface area contributed by atoms with Crippen molar-refractivity contribution in [2.75, 3.05) is 0 Å². The number of nitrogens with zero attached hydrogens (tertiary/aromatic N) is 3. The van der Waals surface area contributed by atoms with Crippen LogP contribution < -0.4 is 11.1 Å². The predicted molar refractivity (Wildman–Crippen MR) is 149 cm³/mol. The van der Waals surface area contributed by atoms with E-state index in [-0.39, 0.29) is 28.4 Å². The third-order valence-electron chi connectivity index (χ3n) is 10.1. The Labute approximate surface area is 227 Å². The van der Waals surface area contributed by atoms with Gasteiger partial charge in [-0.1, -0.05) is 37.8 Å². The Kier molecular flexibility index (Phi) is 6.18. The molecule has 2 N–H and O–H groups in total. The molecule has 4 aliphatic rings. The maximum atomic E-state index is 14.1. The summed E-state index contributed by atoms with van der Waals surface area (Å²) in [5.41, 5.74) is 0.536. The van der Waals surface area contributed by atoms with E-state index in [1.54, 1.807) is 0 Å². The van der Waals surface area contributed by atoms with Gasteiger partial charge in [-0.3, -0.25) is 14.5 Å². The van der Waals surface area contributed by atoms with E-state index in [9.17, 15) is 19.5 Å². The van der Waals surface area contributed by atoms with Crippen LogP contribution >= 0.6 is 0 Å². The first-order valence-corrected chi connectivity index (χ1v) is 14.7. The number of carboxylic acid groups (broad SMARTS) is 1. The molecular formula is C31H36N4O4. The smallest absolute Gasteiger partial charge is 0.337 e. The second kappa shape index (κ2) is 9.73. The summed E-state index contributed by atoms with van der Waals surface area (Å²) in [7, 11) is 0. The van der Waals surface area contributed by atoms with Crippen molar-refractivity contribution in [1.82, 2.24) is 19.4 Å². The Morgan fingerprint density at radius 2 is 1.56 bits per heavy atom. The third-order valence-corrected chi connectivity index (χ3v) is 10.1. The molecule has 204 valence electrons. The van der Waals surface area contributed by atoms with Gasteiger partial charge in [0.2, 0.25) is 0 Å². The van der Waals surface area contributed by atoms with Gasteiger partial charge in [0, 0.05) is 30.4 Å². The van der Waals surface area contributed by atoms with Gasteiger partial charge in [0.05, 0.1) is 22.2 Å². The molecule has 8 nitrogen and oxygen atoms in total. The zero-order chi connectivity index (χ0) is 26.7. The molecule has 8 heteroatoms. The average Bonchev–Trinajstić information content (AvgIpc) is 2.92. The molecule has 2 aliphatic heterocycles. The Morgan fingerprint density at radius 3 is 2.28 bits per heavy atom. The molecule has 7 rings (SSSR count). The van der Waals surface area contributed by atoms with E-state index in [1.165, 1.54) is 63.9 Å². The number of hydrogen-bond donors (Lipinski definition) is 2. The molecule has 4 bridgehead atoms. The third kappa shape index (κ3) is 4.33. The standard InChI is InChI=1S/C31H36N4O4/c36-29-25(14-20(17-32-29)31(38)39)28-30(37)35(27-10-2-1-9-26(27)33-28)24-15-21-7-4-8-22(16-24)34(21)23-12-18-5-3-6-19(11-18)13-23/h1-2,9-10,14,17-19,21-24H,3-8,11-13,15-16H2,(H,32,36)(H,38,39)/t18-,19+,21-,22+,23?,24?. The highest BCUT2D eigenvalue weighted by atomic mass is 16.4. The molecule has 2 unspecified atom stereocenters. The van der Waals surface area contributed by atoms with Crippen LogP contribution in [0, 0.1) is 11.8 Å². The molecule has 4 fully saturated rings. The fourth-order valence-electron chi connectivity index (χ4n) is 8.61. The maximum absolute atomic E-state index is 14.1. The number of pyridine rings is 1. The highest BCUT2D eigenvalue weighted by molar-refractivity contribution is 5.89. The van der Waals surface area contributed by atoms with Crippen molar-refractivity contribution in [1.29, 1.82) is 0 Å². The number of nitrogens with one attached hydrogen (secondary N) is 1. The first-order chi connectivity index (χ1) is 19.0. The van der Waals surface area contributed by atoms with Gasteiger partial charge in [0.1, 0.15) is 5.69 Å². The molecule has 4 heterocycles. The summed E-state index contributed by atoms with van der Waals surface area (Å²) in [5.74, 6) is 0.602. The zero-order valence-corrected chi connectivity index (χ0v) is 22.2. The number of aromatic nitrogens is 3. The van der Waals surface area contributed by atoms with Crippen LogP contribution in [0.25, 0.3) is 22.3 Å². The van der Waals surface area contributed by atoms with Crippen molar-refractivity contribution in [3.63, 3.8) is 0 Å². The fraction of sp³-hybridized carbons (Fsp3) is 0.548. The minimum absolute atomic E-state index is 0.00535. The van der Waals surface area contributed by atoms with Crippen molar-refractivity contribution in [2.45, 2.75) is 94.8 Å². The largest absolute Gasteiger partial charge is 0.478 e. The summed E-state index contributed by atoms with van der Waals surface area (Å²) in [6, 6.07) is 10.5. The number of carboxylic acids is 1. The van der Waals surface area contributed by atoms with Crippen LogP contribution in [0.3, 0.4) is 0 Å². The van der Waals surface area contributed by atoms with Gasteiger partial charge in [-0.25, -0.2) is 9.78 Å². The van der Waals surface area contributed by atoms with Crippen molar-refractivity contribution in [2.24, 2.45) is 11.8 Å². The minimum Gasteiger partial charge on any atom is -0.478 e. The van der Waals surface area contributed by atoms with Crippen LogP contribution in [-0.4, -0.2) is 48.6 Å². The number of hydrogen-bond acceptors (Lipinski definition) is 5. The van der Waals surface area contributed by atoms with Crippen LogP contribution in [-0.2, 0) is 0 Å². The number of carbonyl (C=O) groups is 1. The fourth-order valence-corrected chi connectivity index (χ4v) is 8.61. The number of benzene rings is 1. The van der Waals surface area contributed by atoms with Crippen molar-refractivity contribution < 1.29 is 9.90 Å². The van der Waals surface area contributed by atoms with E-state index in [0.29, 0.717) is 23.6 Å². The van der Waals surface area contributed by atoms with E-state index in [2.05, 4.69) is 14.9 Å². The van der Waals surface area contributed by atoms with Gasteiger partial charge in [0.25, 0.3) is 11.1 Å². The molecular weight excluding hydrogens is 492 g/mol. The molecule has 2 saturated carbocycles. The van der Waals surface area contributed by atoms with Gasteiger partial charge in [0.15, 0.2) is 0 Å². The van der Waals surface area contributed by atoms with Crippen LogP contribution in [0.4, 0.5) is 0 Å². The summed E-state index contributed by atoms with van der Waals surface area (Å²) < 4.78 is 1.88. The molecule has 0 spiro atoms. The molecule has 1 aromatic carbocycles. The lowest BCUT2D eigenvalue weighted by molar-refractivity contribution is -0.0485. The van der Waals surface area contributed by atoms with Crippen molar-refractivity contribution in [3.8, 4) is 11.3 Å². The van der Waals surface area contributed by atoms with Crippen LogP contribution in [0.5, 0.6) is 0 Å². The molecule has 6 atom stereocenters. The minimum atomic E-state index is -1.17. The topological polar surface area (TPSA) is 108 Å². The molecule has 0 radical (unpaired) electrons. The molecule has 3 aromatic rings. The highest BCUT2D eigenvalue weighted by Gasteiger charge is 2.45. The Hall–Kier alpha value is -3.26. The molecule has 0 amide bonds. The number of para-hydroxylation sites is 2. The van der Waals surface area contributed by atoms with Crippen LogP contribution in [0.2, 0.25) is 0 Å². The van der Waals surface area contributed by atoms with E-state index < -0.39 is 11.5 Å². The Morgan fingerprint density at radius 1 is 0.872 bits per heavy atom. The lowest BCUT2D eigenvalue weighted by atomic mass is 9.68. The van der Waals surface area contributed by atoms with E-state index in [0.717, 1.165) is 36.4 Å². The Balaban J connectivity index is 1.29. The maximum Gasteiger partial charge on any atom is 0.337 e. The summed E-state index contributed by atoms with van der Waals surface area (Å²) in [5, 5.41) is 9.49. The Bertz CT molecular complexity index is 1520. The number of H-pyrrole nitrogens is 1. The van der Waals surface area contributed by atoms with Crippen molar-refractivity contribution in [3.05, 3.63) is 62.8 Å². The van der Waals surface area contributed by atoms with Gasteiger partial charge in [-0.15, -0.1) is 0 Å². The summed E-state index contributed by atoms with van der Waals surface area (Å²) >= 11 is 0. The number of rotatable bonds is 4. The summed E-state index contributed by atoms with van der Waals surface area (Å²) in [4.78, 5) is 48.5. The lowest BCUT2D eigenvalue weighted by Crippen LogP contribution is -2.58. The normalized spacial score (nSPS) is 30.8. The highest BCUT2D eigenvalue weighted by Crippen LogP contribution is 2.47. The summed E-state index contributed by atoms with van der Waals surface area (Å²) in [6.07, 6.45) is 14.8. The lowest BCUT2D eigenvalue weighted by Gasteiger charge is -2.55. The number of piperidine rings is 2. The predicted octanol–water partition coefficient (Wildman–Crippen LogP) is 4.98. The van der Waals surface area contributed by atoms with E-state index in [4.69, 9.17) is 0 Å². The second-order valence-corrected chi connectivity index (χ2v) is 12.4. The van der Waals surface area contributed by atoms with E-state index in [1.807, 2.05) is 28.8 Å². The number of aromatic amines is 1. The second-order valence-electron chi connectivity index (χ2n) is 12.4.